The summed E-state index contributed by atoms with van der Waals surface area (Å²) in [5.74, 6) is 1.24. The van der Waals surface area contributed by atoms with Crippen LogP contribution in [0.4, 0.5) is 11.9 Å². The highest BCUT2D eigenvalue weighted by molar-refractivity contribution is 7.99. The minimum absolute atomic E-state index is 0.604. The van der Waals surface area contributed by atoms with E-state index in [0.29, 0.717) is 22.1 Å². The number of aromatic nitrogens is 3. The quantitative estimate of drug-likeness (QED) is 0.877. The maximum atomic E-state index is 5.90. The van der Waals surface area contributed by atoms with Crippen molar-refractivity contribution in [2.24, 2.45) is 0 Å². The number of nitrogens with one attached hydrogen (secondary N) is 1. The fourth-order valence-corrected chi connectivity index (χ4v) is 2.38. The largest absolute Gasteiger partial charge is 0.354 e. The van der Waals surface area contributed by atoms with Crippen molar-refractivity contribution in [1.29, 1.82) is 0 Å². The van der Waals surface area contributed by atoms with Gasteiger partial charge < -0.3 is 10.2 Å². The molecule has 1 N–H and O–H groups in total. The molecule has 0 spiro atoms. The molecule has 0 fully saturated rings. The zero-order valence-corrected chi connectivity index (χ0v) is 13.9. The van der Waals surface area contributed by atoms with Crippen LogP contribution in [0.25, 0.3) is 0 Å². The second kappa shape index (κ2) is 7.47. The maximum absolute atomic E-state index is 5.90. The Kier molecular flexibility index (Phi) is 5.64. The average molecular weight is 324 g/mol. The van der Waals surface area contributed by atoms with Gasteiger partial charge in [0.25, 0.3) is 0 Å². The van der Waals surface area contributed by atoms with Crippen LogP contribution in [0.1, 0.15) is 13.3 Å². The van der Waals surface area contributed by atoms with Gasteiger partial charge in [-0.3, -0.25) is 0 Å². The van der Waals surface area contributed by atoms with Gasteiger partial charge in [-0.25, -0.2) is 0 Å². The lowest BCUT2D eigenvalue weighted by Crippen LogP contribution is -2.16. The smallest absolute Gasteiger partial charge is 0.230 e. The van der Waals surface area contributed by atoms with Crippen LogP contribution in [0.3, 0.4) is 0 Å². The first-order valence-electron chi connectivity index (χ1n) is 6.69. The number of nitrogens with zero attached hydrogens (tertiary/aromatic N) is 4. The molecule has 2 aromatic rings. The Morgan fingerprint density at radius 2 is 1.86 bits per heavy atom. The molecule has 0 saturated carbocycles. The highest BCUT2D eigenvalue weighted by atomic mass is 35.5. The third kappa shape index (κ3) is 4.75. The molecular formula is C14H18ClN5S. The summed E-state index contributed by atoms with van der Waals surface area (Å²) in [5, 5.41) is 4.58. The Hall–Kier alpha value is -1.53. The van der Waals surface area contributed by atoms with E-state index in [1.807, 2.05) is 43.3 Å². The molecule has 5 nitrogen and oxygen atoms in total. The third-order valence-electron chi connectivity index (χ3n) is 2.56. The van der Waals surface area contributed by atoms with Crippen molar-refractivity contribution in [1.82, 2.24) is 15.0 Å². The highest BCUT2D eigenvalue weighted by Gasteiger charge is 2.09. The molecule has 0 amide bonds. The Balaban J connectivity index is 2.24. The summed E-state index contributed by atoms with van der Waals surface area (Å²) in [5.41, 5.74) is 0. The summed E-state index contributed by atoms with van der Waals surface area (Å²) < 4.78 is 0. The van der Waals surface area contributed by atoms with Crippen LogP contribution in [0.2, 0.25) is 5.02 Å². The van der Waals surface area contributed by atoms with E-state index in [9.17, 15) is 0 Å². The molecule has 0 unspecified atom stereocenters. The van der Waals surface area contributed by atoms with E-state index in [0.717, 1.165) is 17.9 Å². The van der Waals surface area contributed by atoms with Gasteiger partial charge in [-0.1, -0.05) is 18.5 Å². The van der Waals surface area contributed by atoms with Crippen molar-refractivity contribution in [2.75, 3.05) is 30.9 Å². The summed E-state index contributed by atoms with van der Waals surface area (Å²) in [6.45, 7) is 2.94. The Morgan fingerprint density at radius 1 is 1.14 bits per heavy atom. The van der Waals surface area contributed by atoms with Crippen molar-refractivity contribution in [3.63, 3.8) is 0 Å². The number of anilines is 2. The normalized spacial score (nSPS) is 10.5. The van der Waals surface area contributed by atoms with E-state index in [2.05, 4.69) is 27.2 Å². The van der Waals surface area contributed by atoms with Gasteiger partial charge in [-0.2, -0.15) is 15.0 Å². The molecule has 0 aliphatic heterocycles. The first-order chi connectivity index (χ1) is 10.1. The molecule has 1 aromatic carbocycles. The zero-order chi connectivity index (χ0) is 15.2. The van der Waals surface area contributed by atoms with Crippen LogP contribution >= 0.6 is 23.4 Å². The summed E-state index contributed by atoms with van der Waals surface area (Å²) in [6.07, 6.45) is 1.02. The van der Waals surface area contributed by atoms with Crippen molar-refractivity contribution in [2.45, 2.75) is 23.4 Å². The number of hydrogen-bond acceptors (Lipinski definition) is 6. The summed E-state index contributed by atoms with van der Waals surface area (Å²) >= 11 is 7.38. The molecule has 112 valence electrons. The van der Waals surface area contributed by atoms with Gasteiger partial charge in [0.1, 0.15) is 0 Å². The van der Waals surface area contributed by atoms with Gasteiger partial charge >= 0.3 is 0 Å². The van der Waals surface area contributed by atoms with Crippen LogP contribution in [-0.4, -0.2) is 35.6 Å². The lowest BCUT2D eigenvalue weighted by molar-refractivity contribution is 0.852. The minimum Gasteiger partial charge on any atom is -0.354 e. The second-order valence-corrected chi connectivity index (χ2v) is 6.10. The summed E-state index contributed by atoms with van der Waals surface area (Å²) in [6, 6.07) is 7.61. The van der Waals surface area contributed by atoms with E-state index < -0.39 is 0 Å². The summed E-state index contributed by atoms with van der Waals surface area (Å²) in [4.78, 5) is 16.2. The average Bonchev–Trinajstić information content (AvgIpc) is 2.47. The van der Waals surface area contributed by atoms with Gasteiger partial charge in [0.15, 0.2) is 5.16 Å². The Bertz CT molecular complexity index is 588. The van der Waals surface area contributed by atoms with Crippen LogP contribution in [-0.2, 0) is 0 Å². The predicted octanol–water partition coefficient (Wildman–Crippen LogP) is 3.56. The molecule has 21 heavy (non-hydrogen) atoms. The Morgan fingerprint density at radius 3 is 2.48 bits per heavy atom. The molecule has 0 aliphatic rings. The van der Waals surface area contributed by atoms with Crippen molar-refractivity contribution >= 4 is 35.3 Å². The topological polar surface area (TPSA) is 53.9 Å². The van der Waals surface area contributed by atoms with Crippen LogP contribution in [0, 0.1) is 0 Å². The van der Waals surface area contributed by atoms with Gasteiger partial charge in [-0.05, 0) is 42.4 Å². The Labute approximate surface area is 134 Å². The van der Waals surface area contributed by atoms with E-state index in [1.165, 1.54) is 11.8 Å². The van der Waals surface area contributed by atoms with Gasteiger partial charge in [0.05, 0.1) is 0 Å². The van der Waals surface area contributed by atoms with Gasteiger partial charge in [0, 0.05) is 30.6 Å². The SMILES string of the molecule is CCCNc1nc(Sc2ccc(Cl)cc2)nc(N(C)C)n1. The molecule has 0 radical (unpaired) electrons. The predicted molar refractivity (Wildman–Crippen MR) is 88.5 cm³/mol. The lowest BCUT2D eigenvalue weighted by Gasteiger charge is -2.13. The van der Waals surface area contributed by atoms with Crippen LogP contribution in [0.5, 0.6) is 0 Å². The van der Waals surface area contributed by atoms with Gasteiger partial charge in [0.2, 0.25) is 11.9 Å². The fourth-order valence-electron chi connectivity index (χ4n) is 1.52. The molecule has 7 heteroatoms. The first kappa shape index (κ1) is 15.9. The molecule has 1 heterocycles. The molecule has 2 rings (SSSR count). The number of halogens is 1. The van der Waals surface area contributed by atoms with Crippen LogP contribution < -0.4 is 10.2 Å². The second-order valence-electron chi connectivity index (χ2n) is 4.62. The molecule has 1 aromatic heterocycles. The highest BCUT2D eigenvalue weighted by Crippen LogP contribution is 2.27. The third-order valence-corrected chi connectivity index (χ3v) is 3.68. The van der Waals surface area contributed by atoms with E-state index in [4.69, 9.17) is 11.6 Å². The number of hydrogen-bond donors (Lipinski definition) is 1. The first-order valence-corrected chi connectivity index (χ1v) is 7.88. The van der Waals surface area contributed by atoms with Gasteiger partial charge in [-0.15, -0.1) is 0 Å². The van der Waals surface area contributed by atoms with Crippen LogP contribution in [0.15, 0.2) is 34.3 Å². The standard InChI is InChI=1S/C14H18ClN5S/c1-4-9-16-12-17-13(20(2)3)19-14(18-12)21-11-7-5-10(15)6-8-11/h5-8H,4,9H2,1-3H3,(H,16,17,18,19). The molecule has 0 aliphatic carbocycles. The molecule has 0 atom stereocenters. The monoisotopic (exact) mass is 323 g/mol. The number of benzene rings is 1. The van der Waals surface area contributed by atoms with E-state index in [1.54, 1.807) is 0 Å². The molecule has 0 saturated heterocycles. The zero-order valence-electron chi connectivity index (χ0n) is 12.3. The van der Waals surface area contributed by atoms with Crippen molar-refractivity contribution < 1.29 is 0 Å². The minimum atomic E-state index is 0.604. The van der Waals surface area contributed by atoms with E-state index >= 15 is 0 Å². The fraction of sp³-hybridized carbons (Fsp3) is 0.357. The summed E-state index contributed by atoms with van der Waals surface area (Å²) in [7, 11) is 3.82. The number of rotatable bonds is 6. The van der Waals surface area contributed by atoms with E-state index in [-0.39, 0.29) is 0 Å². The van der Waals surface area contributed by atoms with Crippen molar-refractivity contribution in [3.8, 4) is 0 Å². The molecule has 0 bridgehead atoms. The lowest BCUT2D eigenvalue weighted by atomic mass is 10.4. The maximum Gasteiger partial charge on any atom is 0.230 e. The van der Waals surface area contributed by atoms with Crippen molar-refractivity contribution in [3.05, 3.63) is 29.3 Å². The molecular weight excluding hydrogens is 306 g/mol.